The van der Waals surface area contributed by atoms with Gasteiger partial charge in [0.05, 0.1) is 5.57 Å². The summed E-state index contributed by atoms with van der Waals surface area (Å²) in [4.78, 5) is 22.3. The molecule has 1 aromatic rings. The van der Waals surface area contributed by atoms with Crippen molar-refractivity contribution >= 4 is 11.9 Å². The average Bonchev–Trinajstić information content (AvgIpc) is 2.28. The molecule has 0 spiro atoms. The van der Waals surface area contributed by atoms with Crippen LogP contribution in [0.25, 0.3) is 0 Å². The van der Waals surface area contributed by atoms with Crippen LogP contribution < -0.4 is 5.32 Å². The fourth-order valence-electron chi connectivity index (χ4n) is 1.84. The Balaban J connectivity index is 2.41. The molecular weight excluding hydrogens is 225 g/mol. The molecule has 5 heteroatoms. The number of benzene rings is 1. The highest BCUT2D eigenvalue weighted by molar-refractivity contribution is 5.93. The van der Waals surface area contributed by atoms with Crippen molar-refractivity contribution < 1.29 is 19.1 Å². The molecular formula is C12H10FNO3. The zero-order valence-electron chi connectivity index (χ0n) is 8.81. The fourth-order valence-corrected chi connectivity index (χ4v) is 1.84. The van der Waals surface area contributed by atoms with Gasteiger partial charge in [0.2, 0.25) is 5.91 Å². The van der Waals surface area contributed by atoms with E-state index < -0.39 is 17.7 Å². The molecule has 0 aliphatic carbocycles. The van der Waals surface area contributed by atoms with Gasteiger partial charge in [0.15, 0.2) is 0 Å². The number of nitrogens with one attached hydrogen (secondary N) is 1. The SMILES string of the molecule is O=C1C[C@H](c2cccc(F)c2)C(C(=O)O)=CN1. The largest absolute Gasteiger partial charge is 0.478 e. The quantitative estimate of drug-likeness (QED) is 0.814. The first kappa shape index (κ1) is 11.3. The number of hydrogen-bond donors (Lipinski definition) is 2. The first-order valence-electron chi connectivity index (χ1n) is 5.06. The summed E-state index contributed by atoms with van der Waals surface area (Å²) in [6.07, 6.45) is 1.19. The van der Waals surface area contributed by atoms with E-state index >= 15 is 0 Å². The molecule has 2 N–H and O–H groups in total. The third-order valence-electron chi connectivity index (χ3n) is 2.65. The van der Waals surface area contributed by atoms with Gasteiger partial charge in [0.1, 0.15) is 5.82 Å². The molecule has 1 aromatic carbocycles. The zero-order chi connectivity index (χ0) is 12.4. The van der Waals surface area contributed by atoms with E-state index in [2.05, 4.69) is 5.32 Å². The Morgan fingerprint density at radius 3 is 2.88 bits per heavy atom. The predicted octanol–water partition coefficient (Wildman–Crippen LogP) is 1.40. The average molecular weight is 235 g/mol. The first-order chi connectivity index (χ1) is 8.08. The number of carbonyl (C=O) groups excluding carboxylic acids is 1. The molecule has 1 aliphatic rings. The second kappa shape index (κ2) is 4.37. The summed E-state index contributed by atoms with van der Waals surface area (Å²) in [5.74, 6) is -2.43. The molecule has 0 unspecified atom stereocenters. The normalized spacial score (nSPS) is 19.5. The lowest BCUT2D eigenvalue weighted by Gasteiger charge is -2.21. The van der Waals surface area contributed by atoms with Crippen LogP contribution in [0.1, 0.15) is 17.9 Å². The summed E-state index contributed by atoms with van der Waals surface area (Å²) in [5.41, 5.74) is 0.559. The van der Waals surface area contributed by atoms with Gasteiger partial charge in [0.25, 0.3) is 0 Å². The minimum absolute atomic E-state index is 0.0155. The van der Waals surface area contributed by atoms with Crippen molar-refractivity contribution in [1.29, 1.82) is 0 Å². The van der Waals surface area contributed by atoms with E-state index in [4.69, 9.17) is 5.11 Å². The van der Waals surface area contributed by atoms with Gasteiger partial charge in [-0.15, -0.1) is 0 Å². The van der Waals surface area contributed by atoms with Crippen molar-refractivity contribution in [1.82, 2.24) is 5.32 Å². The van der Waals surface area contributed by atoms with Gasteiger partial charge >= 0.3 is 5.97 Å². The number of carboxylic acids is 1. The number of halogens is 1. The summed E-state index contributed by atoms with van der Waals surface area (Å²) in [5, 5.41) is 11.4. The molecule has 1 atom stereocenters. The van der Waals surface area contributed by atoms with Gasteiger partial charge in [0, 0.05) is 18.5 Å². The summed E-state index contributed by atoms with van der Waals surface area (Å²) in [7, 11) is 0. The Hall–Kier alpha value is -2.17. The van der Waals surface area contributed by atoms with Crippen LogP contribution in [0.5, 0.6) is 0 Å². The number of amides is 1. The minimum atomic E-state index is -1.11. The van der Waals surface area contributed by atoms with Gasteiger partial charge in [-0.1, -0.05) is 12.1 Å². The molecule has 0 radical (unpaired) electrons. The van der Waals surface area contributed by atoms with Crippen LogP contribution >= 0.6 is 0 Å². The molecule has 4 nitrogen and oxygen atoms in total. The van der Waals surface area contributed by atoms with Crippen molar-refractivity contribution in [2.24, 2.45) is 0 Å². The number of hydrogen-bond acceptors (Lipinski definition) is 2. The zero-order valence-corrected chi connectivity index (χ0v) is 8.81. The Labute approximate surface area is 96.8 Å². The Bertz CT molecular complexity index is 510. The number of rotatable bonds is 2. The molecule has 0 fully saturated rings. The molecule has 1 aliphatic heterocycles. The first-order valence-corrected chi connectivity index (χ1v) is 5.06. The Kier molecular flexibility index (Phi) is 2.91. The van der Waals surface area contributed by atoms with Crippen molar-refractivity contribution in [2.45, 2.75) is 12.3 Å². The Morgan fingerprint density at radius 1 is 1.47 bits per heavy atom. The van der Waals surface area contributed by atoms with E-state index in [-0.39, 0.29) is 17.9 Å². The smallest absolute Gasteiger partial charge is 0.333 e. The molecule has 1 heterocycles. The highest BCUT2D eigenvalue weighted by atomic mass is 19.1. The van der Waals surface area contributed by atoms with Crippen molar-refractivity contribution in [3.05, 3.63) is 47.4 Å². The molecule has 0 saturated heterocycles. The summed E-state index contributed by atoms with van der Waals surface area (Å²) in [6, 6.07) is 5.64. The van der Waals surface area contributed by atoms with Gasteiger partial charge < -0.3 is 10.4 Å². The molecule has 88 valence electrons. The molecule has 0 aromatic heterocycles. The van der Waals surface area contributed by atoms with Crippen molar-refractivity contribution in [3.8, 4) is 0 Å². The second-order valence-electron chi connectivity index (χ2n) is 3.78. The van der Waals surface area contributed by atoms with E-state index in [1.807, 2.05) is 0 Å². The maximum atomic E-state index is 13.1. The van der Waals surface area contributed by atoms with Crippen LogP contribution in [0.4, 0.5) is 4.39 Å². The standard InChI is InChI=1S/C12H10FNO3/c13-8-3-1-2-7(4-8)9-5-11(15)14-6-10(9)12(16)17/h1-4,6,9H,5H2,(H,14,15)(H,16,17)/t9-/m1/s1. The monoisotopic (exact) mass is 235 g/mol. The van der Waals surface area contributed by atoms with E-state index in [0.717, 1.165) is 0 Å². The van der Waals surface area contributed by atoms with Crippen molar-refractivity contribution in [2.75, 3.05) is 0 Å². The lowest BCUT2D eigenvalue weighted by molar-refractivity contribution is -0.133. The van der Waals surface area contributed by atoms with E-state index in [1.165, 1.54) is 24.4 Å². The second-order valence-corrected chi connectivity index (χ2v) is 3.78. The van der Waals surface area contributed by atoms with Crippen LogP contribution in [0.2, 0.25) is 0 Å². The van der Waals surface area contributed by atoms with E-state index in [0.29, 0.717) is 5.56 Å². The molecule has 0 saturated carbocycles. The number of carbonyl (C=O) groups is 2. The van der Waals surface area contributed by atoms with Crippen LogP contribution in [0.15, 0.2) is 36.0 Å². The minimum Gasteiger partial charge on any atom is -0.478 e. The fraction of sp³-hybridized carbons (Fsp3) is 0.167. The maximum Gasteiger partial charge on any atom is 0.333 e. The summed E-state index contributed by atoms with van der Waals surface area (Å²) in [6.45, 7) is 0. The lowest BCUT2D eigenvalue weighted by atomic mass is 9.86. The van der Waals surface area contributed by atoms with E-state index in [1.54, 1.807) is 6.07 Å². The number of carboxylic acid groups (broad SMARTS) is 1. The van der Waals surface area contributed by atoms with Gasteiger partial charge in [-0.2, -0.15) is 0 Å². The predicted molar refractivity (Wildman–Crippen MR) is 57.6 cm³/mol. The van der Waals surface area contributed by atoms with E-state index in [9.17, 15) is 14.0 Å². The summed E-state index contributed by atoms with van der Waals surface area (Å²) < 4.78 is 13.1. The molecule has 1 amide bonds. The maximum absolute atomic E-state index is 13.1. The van der Waals surface area contributed by atoms with Crippen LogP contribution in [0, 0.1) is 5.82 Å². The topological polar surface area (TPSA) is 66.4 Å². The summed E-state index contributed by atoms with van der Waals surface area (Å²) >= 11 is 0. The molecule has 0 bridgehead atoms. The van der Waals surface area contributed by atoms with Gasteiger partial charge in [-0.3, -0.25) is 4.79 Å². The van der Waals surface area contributed by atoms with Crippen LogP contribution in [-0.4, -0.2) is 17.0 Å². The third-order valence-corrected chi connectivity index (χ3v) is 2.65. The van der Waals surface area contributed by atoms with Crippen LogP contribution in [-0.2, 0) is 9.59 Å². The van der Waals surface area contributed by atoms with Gasteiger partial charge in [-0.05, 0) is 17.7 Å². The molecule has 17 heavy (non-hydrogen) atoms. The highest BCUT2D eigenvalue weighted by Gasteiger charge is 2.28. The van der Waals surface area contributed by atoms with Gasteiger partial charge in [-0.25, -0.2) is 9.18 Å². The Morgan fingerprint density at radius 2 is 2.24 bits per heavy atom. The third kappa shape index (κ3) is 2.33. The lowest BCUT2D eigenvalue weighted by Crippen LogP contribution is -2.29. The highest BCUT2D eigenvalue weighted by Crippen LogP contribution is 2.30. The van der Waals surface area contributed by atoms with Crippen molar-refractivity contribution in [3.63, 3.8) is 0 Å². The molecule has 2 rings (SSSR count). The number of aliphatic carboxylic acids is 1. The van der Waals surface area contributed by atoms with Crippen LogP contribution in [0.3, 0.4) is 0 Å².